The number of nitrogens with one attached hydrogen (secondary N) is 1. The first-order chi connectivity index (χ1) is 3.92. The summed E-state index contributed by atoms with van der Waals surface area (Å²) in [5.41, 5.74) is 6.29. The van der Waals surface area contributed by atoms with Crippen LogP contribution < -0.4 is 5.73 Å². The maximum Gasteiger partial charge on any atom is 0.245 e. The van der Waals surface area contributed by atoms with Crippen LogP contribution in [0.2, 0.25) is 0 Å². The summed E-state index contributed by atoms with van der Waals surface area (Å²) in [6, 6.07) is 0. The van der Waals surface area contributed by atoms with Gasteiger partial charge in [0.05, 0.1) is 0 Å². The van der Waals surface area contributed by atoms with Crippen molar-refractivity contribution < 1.29 is 13.6 Å². The molecule has 1 radical (unpaired) electrons. The number of hydrogen-bond donors (Lipinski definition) is 0. The summed E-state index contributed by atoms with van der Waals surface area (Å²) in [4.78, 5) is 9.82. The Morgan fingerprint density at radius 3 is 2.22 bits per heavy atom. The van der Waals surface area contributed by atoms with Crippen molar-refractivity contribution in [1.82, 2.24) is 5.73 Å². The van der Waals surface area contributed by atoms with Gasteiger partial charge in [0.2, 0.25) is 11.8 Å². The van der Waals surface area contributed by atoms with E-state index in [1.807, 2.05) is 0 Å². The summed E-state index contributed by atoms with van der Waals surface area (Å²) >= 11 is 0. The topological polar surface area (TPSA) is 40.9 Å². The van der Waals surface area contributed by atoms with Gasteiger partial charge in [0.1, 0.15) is 0 Å². The van der Waals surface area contributed by atoms with E-state index in [1.54, 1.807) is 0 Å². The van der Waals surface area contributed by atoms with Gasteiger partial charge >= 0.3 is 0 Å². The highest BCUT2D eigenvalue weighted by atomic mass is 19.3. The van der Waals surface area contributed by atoms with Crippen LogP contribution >= 0.6 is 0 Å². The molecule has 0 bridgehead atoms. The average Bonchev–Trinajstić information content (AvgIpc) is 1.59. The van der Waals surface area contributed by atoms with Crippen LogP contribution in [0.1, 0.15) is 19.8 Å². The van der Waals surface area contributed by atoms with Crippen LogP contribution in [0.25, 0.3) is 0 Å². The second kappa shape index (κ2) is 2.75. The Balaban J connectivity index is 3.39. The van der Waals surface area contributed by atoms with Gasteiger partial charge < -0.3 is 0 Å². The van der Waals surface area contributed by atoms with Gasteiger partial charge in [-0.15, -0.1) is 0 Å². The monoisotopic (exact) mass is 136 g/mol. The van der Waals surface area contributed by atoms with Crippen LogP contribution in [0.4, 0.5) is 8.78 Å². The lowest BCUT2D eigenvalue weighted by Gasteiger charge is -2.05. The fourth-order valence-corrected chi connectivity index (χ4v) is 0.333. The van der Waals surface area contributed by atoms with Crippen molar-refractivity contribution in [3.05, 3.63) is 0 Å². The van der Waals surface area contributed by atoms with E-state index in [2.05, 4.69) is 0 Å². The van der Waals surface area contributed by atoms with Gasteiger partial charge in [0, 0.05) is 12.8 Å². The van der Waals surface area contributed by atoms with Gasteiger partial charge in [-0.25, -0.2) is 8.78 Å². The van der Waals surface area contributed by atoms with Gasteiger partial charge in [-0.1, -0.05) is 0 Å². The predicted molar refractivity (Wildman–Crippen MR) is 28.0 cm³/mol. The first-order valence-electron chi connectivity index (χ1n) is 2.54. The largest absolute Gasteiger partial charge is 0.273 e. The standard InChI is InChI=1S/C5H8F2NO/c1-5(6,7)3-2-4(8)9/h8H,2-3H2,1H3. The zero-order chi connectivity index (χ0) is 7.49. The molecule has 4 heteroatoms. The molecule has 0 saturated heterocycles. The average molecular weight is 136 g/mol. The summed E-state index contributed by atoms with van der Waals surface area (Å²) in [6.07, 6.45) is -0.876. The van der Waals surface area contributed by atoms with E-state index in [0.29, 0.717) is 0 Å². The smallest absolute Gasteiger partial charge is 0.245 e. The molecule has 0 heterocycles. The third-order valence-corrected chi connectivity index (χ3v) is 0.791. The molecule has 0 aliphatic heterocycles. The molecule has 0 aromatic carbocycles. The minimum absolute atomic E-state index is 0.358. The number of alkyl halides is 2. The molecule has 0 unspecified atom stereocenters. The second-order valence-corrected chi connectivity index (χ2v) is 1.99. The molecule has 0 rings (SSSR count). The Morgan fingerprint density at radius 1 is 1.67 bits per heavy atom. The molecule has 0 aliphatic rings. The Hall–Kier alpha value is -0.670. The van der Waals surface area contributed by atoms with E-state index in [-0.39, 0.29) is 6.42 Å². The van der Waals surface area contributed by atoms with E-state index in [0.717, 1.165) is 6.92 Å². The SMILES string of the molecule is CC(F)(F)CCC([NH])=O. The lowest BCUT2D eigenvalue weighted by Crippen LogP contribution is -2.12. The maximum atomic E-state index is 11.8. The molecule has 0 fully saturated rings. The lowest BCUT2D eigenvalue weighted by atomic mass is 10.2. The van der Waals surface area contributed by atoms with Crippen LogP contribution in [0.15, 0.2) is 0 Å². The Labute approximate surface area is 52.0 Å². The van der Waals surface area contributed by atoms with E-state index in [4.69, 9.17) is 5.73 Å². The number of carbonyl (C=O) groups is 1. The summed E-state index contributed by atoms with van der Waals surface area (Å²) in [6.45, 7) is 0.732. The third-order valence-electron chi connectivity index (χ3n) is 0.791. The van der Waals surface area contributed by atoms with Crippen molar-refractivity contribution >= 4 is 5.91 Å². The molecule has 2 nitrogen and oxygen atoms in total. The Kier molecular flexibility index (Phi) is 2.55. The highest BCUT2D eigenvalue weighted by molar-refractivity contribution is 5.72. The van der Waals surface area contributed by atoms with E-state index < -0.39 is 18.3 Å². The molecule has 0 aliphatic carbocycles. The van der Waals surface area contributed by atoms with Crippen LogP contribution in [0, 0.1) is 0 Å². The number of halogens is 2. The maximum absolute atomic E-state index is 11.8. The van der Waals surface area contributed by atoms with Crippen LogP contribution in [-0.2, 0) is 4.79 Å². The van der Waals surface area contributed by atoms with Crippen molar-refractivity contribution in [2.24, 2.45) is 0 Å². The quantitative estimate of drug-likeness (QED) is 0.575. The van der Waals surface area contributed by atoms with Crippen molar-refractivity contribution in [2.45, 2.75) is 25.7 Å². The fourth-order valence-electron chi connectivity index (χ4n) is 0.333. The molecule has 0 atom stereocenters. The second-order valence-electron chi connectivity index (χ2n) is 1.99. The van der Waals surface area contributed by atoms with Crippen molar-refractivity contribution in [1.29, 1.82) is 0 Å². The van der Waals surface area contributed by atoms with Gasteiger partial charge in [0.15, 0.2) is 0 Å². The van der Waals surface area contributed by atoms with Crippen LogP contribution in [0.5, 0.6) is 0 Å². The molecule has 0 spiro atoms. The molecular formula is C5H8F2NO. The lowest BCUT2D eigenvalue weighted by molar-refractivity contribution is -0.120. The molecule has 0 saturated carbocycles. The number of amides is 1. The molecule has 1 amide bonds. The highest BCUT2D eigenvalue weighted by Gasteiger charge is 2.21. The van der Waals surface area contributed by atoms with E-state index >= 15 is 0 Å². The Morgan fingerprint density at radius 2 is 2.11 bits per heavy atom. The van der Waals surface area contributed by atoms with Crippen molar-refractivity contribution in [3.8, 4) is 0 Å². The summed E-state index contributed by atoms with van der Waals surface area (Å²) in [5.74, 6) is -3.74. The molecule has 9 heavy (non-hydrogen) atoms. The minimum atomic E-state index is -2.81. The third kappa shape index (κ3) is 7.33. The van der Waals surface area contributed by atoms with Gasteiger partial charge in [-0.05, 0) is 6.92 Å². The van der Waals surface area contributed by atoms with E-state index in [1.165, 1.54) is 0 Å². The molecule has 53 valence electrons. The number of rotatable bonds is 3. The number of carbonyl (C=O) groups excluding carboxylic acids is 1. The first kappa shape index (κ1) is 8.33. The zero-order valence-corrected chi connectivity index (χ0v) is 5.08. The molecule has 1 N–H and O–H groups in total. The Bertz CT molecular complexity index is 108. The van der Waals surface area contributed by atoms with E-state index in [9.17, 15) is 13.6 Å². The first-order valence-corrected chi connectivity index (χ1v) is 2.54. The highest BCUT2D eigenvalue weighted by Crippen LogP contribution is 2.17. The van der Waals surface area contributed by atoms with Gasteiger partial charge in [-0.3, -0.25) is 10.5 Å². The molecule has 0 aromatic rings. The van der Waals surface area contributed by atoms with Crippen molar-refractivity contribution in [3.63, 3.8) is 0 Å². The van der Waals surface area contributed by atoms with Gasteiger partial charge in [0.25, 0.3) is 0 Å². The molecular weight excluding hydrogens is 128 g/mol. The predicted octanol–water partition coefficient (Wildman–Crippen LogP) is 1.23. The fraction of sp³-hybridized carbons (Fsp3) is 0.800. The normalized spacial score (nSPS) is 11.4. The number of hydrogen-bond acceptors (Lipinski definition) is 1. The zero-order valence-electron chi connectivity index (χ0n) is 5.08. The summed E-state index contributed by atoms with van der Waals surface area (Å²) < 4.78 is 23.7. The van der Waals surface area contributed by atoms with Gasteiger partial charge in [-0.2, -0.15) is 0 Å². The summed E-state index contributed by atoms with van der Waals surface area (Å²) in [5, 5.41) is 0. The minimum Gasteiger partial charge on any atom is -0.273 e. The van der Waals surface area contributed by atoms with Crippen LogP contribution in [0.3, 0.4) is 0 Å². The van der Waals surface area contributed by atoms with Crippen LogP contribution in [-0.4, -0.2) is 11.8 Å². The molecule has 0 aromatic heterocycles. The van der Waals surface area contributed by atoms with Crippen molar-refractivity contribution in [2.75, 3.05) is 0 Å². The summed E-state index contributed by atoms with van der Waals surface area (Å²) in [7, 11) is 0.